The standard InChI is InChI=1S/C21H20N2O5S/c1-12(24)16-19(25)23-17(21(26)27)18(29-20(16)23)14-5-3-4-13(10-14)11-22-8-6-15(28-2)7-9-22/h3-10,12,16,20,24H,11H2,1-2H3/t12-,16+,20-/m1/s1. The van der Waals surface area contributed by atoms with Crippen LogP contribution in [0.15, 0.2) is 54.5 Å². The molecule has 1 aromatic carbocycles. The Balaban J connectivity index is 1.63. The minimum absolute atomic E-state index is 0.115. The van der Waals surface area contributed by atoms with E-state index in [-0.39, 0.29) is 11.6 Å². The number of β-lactam (4-membered cyclic amide) rings is 1. The molecule has 7 nitrogen and oxygen atoms in total. The summed E-state index contributed by atoms with van der Waals surface area (Å²) in [6.07, 6.45) is 2.97. The molecule has 2 aliphatic rings. The molecule has 1 saturated heterocycles. The van der Waals surface area contributed by atoms with Crippen molar-refractivity contribution in [1.29, 1.82) is 0 Å². The summed E-state index contributed by atoms with van der Waals surface area (Å²) in [6, 6.07) is 11.3. The Hall–Kier alpha value is -2.84. The fourth-order valence-corrected chi connectivity index (χ4v) is 5.29. The summed E-state index contributed by atoms with van der Waals surface area (Å²) >= 11 is 1.29. The van der Waals surface area contributed by atoms with Gasteiger partial charge in [0.1, 0.15) is 11.1 Å². The molecule has 2 aliphatic heterocycles. The fourth-order valence-electron chi connectivity index (χ4n) is 3.68. The highest BCUT2D eigenvalue weighted by Gasteiger charge is 2.56. The number of nitrogens with zero attached hydrogens (tertiary/aromatic N) is 2. The quantitative estimate of drug-likeness (QED) is 0.544. The number of aliphatic hydroxyl groups excluding tert-OH is 1. The fraction of sp³-hybridized carbons (Fsp3) is 0.286. The summed E-state index contributed by atoms with van der Waals surface area (Å²) in [4.78, 5) is 25.9. The molecule has 0 radical (unpaired) electrons. The second-order valence-electron chi connectivity index (χ2n) is 7.06. The molecule has 0 bridgehead atoms. The van der Waals surface area contributed by atoms with Crippen LogP contribution in [-0.2, 0) is 16.1 Å². The molecule has 1 N–H and O–H groups in total. The molecular weight excluding hydrogens is 392 g/mol. The lowest BCUT2D eigenvalue weighted by Crippen LogP contribution is -2.61. The first kappa shape index (κ1) is 19.5. The van der Waals surface area contributed by atoms with Crippen molar-refractivity contribution in [3.8, 4) is 5.75 Å². The van der Waals surface area contributed by atoms with Gasteiger partial charge in [-0.1, -0.05) is 30.0 Å². The Morgan fingerprint density at radius 2 is 2.07 bits per heavy atom. The number of aliphatic hydroxyl groups is 1. The molecule has 1 fully saturated rings. The van der Waals surface area contributed by atoms with Crippen molar-refractivity contribution in [2.75, 3.05) is 7.11 Å². The normalized spacial score (nSPS) is 21.6. The van der Waals surface area contributed by atoms with Crippen molar-refractivity contribution in [2.24, 2.45) is 5.92 Å². The number of aliphatic carboxylic acids is 1. The molecule has 2 aromatic rings. The maximum absolute atomic E-state index is 12.4. The predicted octanol–water partition coefficient (Wildman–Crippen LogP) is 0.362. The average Bonchev–Trinajstić information content (AvgIpc) is 3.04. The number of rotatable bonds is 6. The number of thioether (sulfide) groups is 1. The van der Waals surface area contributed by atoms with Crippen LogP contribution in [0.1, 0.15) is 18.1 Å². The van der Waals surface area contributed by atoms with Crippen LogP contribution in [0.5, 0.6) is 5.75 Å². The first-order chi connectivity index (χ1) is 13.9. The predicted molar refractivity (Wildman–Crippen MR) is 104 cm³/mol. The van der Waals surface area contributed by atoms with Crippen LogP contribution in [0.3, 0.4) is 0 Å². The van der Waals surface area contributed by atoms with E-state index >= 15 is 0 Å². The summed E-state index contributed by atoms with van der Waals surface area (Å²) in [5.41, 5.74) is 1.58. The van der Waals surface area contributed by atoms with Gasteiger partial charge in [-0.2, -0.15) is 0 Å². The molecule has 150 valence electrons. The van der Waals surface area contributed by atoms with Crippen LogP contribution < -0.4 is 14.4 Å². The minimum atomic E-state index is -1.39. The van der Waals surface area contributed by atoms with Crippen LogP contribution in [0, 0.1) is 5.92 Å². The van der Waals surface area contributed by atoms with Crippen molar-refractivity contribution in [2.45, 2.75) is 24.9 Å². The van der Waals surface area contributed by atoms with Gasteiger partial charge in [-0.15, -0.1) is 0 Å². The molecule has 3 heterocycles. The van der Waals surface area contributed by atoms with Gasteiger partial charge in [-0.3, -0.25) is 9.69 Å². The van der Waals surface area contributed by atoms with Gasteiger partial charge in [-0.25, -0.2) is 4.57 Å². The van der Waals surface area contributed by atoms with E-state index in [2.05, 4.69) is 0 Å². The average molecular weight is 412 g/mol. The molecule has 0 aliphatic carbocycles. The second-order valence-corrected chi connectivity index (χ2v) is 8.19. The van der Waals surface area contributed by atoms with Crippen LogP contribution >= 0.6 is 11.8 Å². The van der Waals surface area contributed by atoms with Gasteiger partial charge in [0.15, 0.2) is 18.9 Å². The van der Waals surface area contributed by atoms with Gasteiger partial charge >= 0.3 is 0 Å². The Labute approximate surface area is 172 Å². The number of carbonyl (C=O) groups is 2. The molecule has 29 heavy (non-hydrogen) atoms. The van der Waals surface area contributed by atoms with Crippen molar-refractivity contribution in [1.82, 2.24) is 4.90 Å². The van der Waals surface area contributed by atoms with Gasteiger partial charge in [-0.05, 0) is 18.6 Å². The van der Waals surface area contributed by atoms with E-state index in [9.17, 15) is 19.8 Å². The van der Waals surface area contributed by atoms with Crippen molar-refractivity contribution < 1.29 is 29.1 Å². The number of pyridine rings is 1. The monoisotopic (exact) mass is 412 g/mol. The summed E-state index contributed by atoms with van der Waals surface area (Å²) in [7, 11) is 1.61. The lowest BCUT2D eigenvalue weighted by Gasteiger charge is -2.44. The van der Waals surface area contributed by atoms with Gasteiger partial charge in [0.05, 0.1) is 30.8 Å². The molecule has 0 saturated carbocycles. The minimum Gasteiger partial charge on any atom is -0.543 e. The van der Waals surface area contributed by atoms with Gasteiger partial charge in [0, 0.05) is 22.6 Å². The zero-order valence-corrected chi connectivity index (χ0v) is 16.8. The topological polar surface area (TPSA) is 93.8 Å². The van der Waals surface area contributed by atoms with Crippen LogP contribution in [0.25, 0.3) is 4.91 Å². The number of carbonyl (C=O) groups excluding carboxylic acids is 2. The number of carboxylic acids is 1. The third kappa shape index (κ3) is 3.38. The smallest absolute Gasteiger partial charge is 0.236 e. The third-order valence-electron chi connectivity index (χ3n) is 5.14. The Morgan fingerprint density at radius 3 is 2.69 bits per heavy atom. The van der Waals surface area contributed by atoms with Crippen LogP contribution in [-0.4, -0.2) is 40.5 Å². The Bertz CT molecular complexity index is 1000. The Morgan fingerprint density at radius 1 is 1.34 bits per heavy atom. The first-order valence-electron chi connectivity index (χ1n) is 9.16. The lowest BCUT2D eigenvalue weighted by atomic mass is 9.92. The number of benzene rings is 1. The number of aromatic nitrogens is 1. The first-order valence-corrected chi connectivity index (χ1v) is 10.0. The number of ether oxygens (including phenoxy) is 1. The number of hydrogen-bond donors (Lipinski definition) is 1. The van der Waals surface area contributed by atoms with E-state index in [0.29, 0.717) is 17.0 Å². The molecule has 1 amide bonds. The maximum Gasteiger partial charge on any atom is 0.236 e. The molecule has 1 aromatic heterocycles. The number of carboxylic acid groups (broad SMARTS) is 1. The molecule has 0 unspecified atom stereocenters. The van der Waals surface area contributed by atoms with E-state index < -0.39 is 23.4 Å². The van der Waals surface area contributed by atoms with Crippen LogP contribution in [0.4, 0.5) is 0 Å². The zero-order valence-electron chi connectivity index (χ0n) is 15.9. The largest absolute Gasteiger partial charge is 0.543 e. The van der Waals surface area contributed by atoms with E-state index in [1.807, 2.05) is 53.4 Å². The highest BCUT2D eigenvalue weighted by Crippen LogP contribution is 2.53. The maximum atomic E-state index is 12.4. The third-order valence-corrected chi connectivity index (χ3v) is 6.55. The number of methoxy groups -OCH3 is 1. The highest BCUT2D eigenvalue weighted by molar-refractivity contribution is 8.09. The molecule has 4 rings (SSSR count). The van der Waals surface area contributed by atoms with Crippen molar-refractivity contribution in [3.05, 3.63) is 65.6 Å². The molecular formula is C21H20N2O5S. The van der Waals surface area contributed by atoms with Crippen LogP contribution in [0.2, 0.25) is 0 Å². The number of amides is 1. The summed E-state index contributed by atoms with van der Waals surface area (Å²) in [5, 5.41) is 21.2. The van der Waals surface area contributed by atoms with E-state index in [1.54, 1.807) is 14.0 Å². The highest BCUT2D eigenvalue weighted by atomic mass is 32.2. The zero-order chi connectivity index (χ0) is 20.7. The summed E-state index contributed by atoms with van der Waals surface area (Å²) in [5.74, 6) is -1.60. The molecule has 3 atom stereocenters. The number of fused-ring (bicyclic) bond motifs is 1. The van der Waals surface area contributed by atoms with Gasteiger partial charge in [0.25, 0.3) is 0 Å². The Kier molecular flexibility index (Phi) is 5.06. The van der Waals surface area contributed by atoms with E-state index in [0.717, 1.165) is 11.3 Å². The number of hydrogen-bond acceptors (Lipinski definition) is 6. The lowest BCUT2D eigenvalue weighted by molar-refractivity contribution is -0.688. The van der Waals surface area contributed by atoms with Gasteiger partial charge in [0.2, 0.25) is 5.91 Å². The van der Waals surface area contributed by atoms with Gasteiger partial charge < -0.3 is 19.7 Å². The summed E-state index contributed by atoms with van der Waals surface area (Å²) < 4.78 is 7.15. The van der Waals surface area contributed by atoms with E-state index in [4.69, 9.17) is 4.74 Å². The molecule has 0 spiro atoms. The SMILES string of the molecule is COc1cc[n+](Cc2cccc(C3=C(C(=O)[O-])N4C(=O)[C@H]([C@@H](C)O)[C@H]4S3)c2)cc1. The molecule has 8 heteroatoms. The van der Waals surface area contributed by atoms with E-state index in [1.165, 1.54) is 16.7 Å². The van der Waals surface area contributed by atoms with Crippen molar-refractivity contribution >= 4 is 28.5 Å². The second kappa shape index (κ2) is 7.53. The summed E-state index contributed by atoms with van der Waals surface area (Å²) in [6.45, 7) is 2.14. The van der Waals surface area contributed by atoms with Crippen molar-refractivity contribution in [3.63, 3.8) is 0 Å².